The summed E-state index contributed by atoms with van der Waals surface area (Å²) in [5.41, 5.74) is -2.71. The highest BCUT2D eigenvalue weighted by atomic mass is 32.2. The first kappa shape index (κ1) is 61.1. The number of fused-ring (bicyclic) bond motifs is 2. The van der Waals surface area contributed by atoms with E-state index in [1.807, 2.05) is 34.6 Å². The van der Waals surface area contributed by atoms with Crippen molar-refractivity contribution < 1.29 is 60.2 Å². The van der Waals surface area contributed by atoms with E-state index in [-0.39, 0.29) is 62.4 Å². The van der Waals surface area contributed by atoms with Crippen LogP contribution in [0.15, 0.2) is 25.3 Å². The van der Waals surface area contributed by atoms with Gasteiger partial charge in [-0.15, -0.1) is 13.2 Å². The number of hydrogen-bond acceptors (Lipinski definition) is 12. The van der Waals surface area contributed by atoms with E-state index < -0.39 is 87.7 Å². The molecule has 0 aromatic carbocycles. The molecule has 0 unspecified atom stereocenters. The SMILES string of the molecule is C=C[C@@H]1C[C@]1(C)C(=O)NS(=O)(=O)C1(CCC)CC1.C=C[C@@H]1C[C@]1(CC(=O)[C@@H]1C[C@@]2(CN1C(=O)OC(C)(C)C)C(C)(C)C21CCC1)C(=O)NS(=O)(=O)C1(CCC)CC1.CC(C)(C)OC(=O)N1C[C@]2(C[C@H]1C(=O)O)C(C)(C)C21CCC1. The number of carbonyl (C=O) groups is 6. The van der Waals surface area contributed by atoms with E-state index >= 15 is 0 Å². The van der Waals surface area contributed by atoms with Gasteiger partial charge in [0, 0.05) is 30.3 Å². The van der Waals surface area contributed by atoms with Gasteiger partial charge in [-0.25, -0.2) is 31.2 Å². The molecule has 10 rings (SSSR count). The molecule has 444 valence electrons. The molecular formula is C60H94N4O13S2. The minimum Gasteiger partial charge on any atom is -0.480 e. The van der Waals surface area contributed by atoms with Crippen LogP contribution in [-0.2, 0) is 48.7 Å². The number of amides is 4. The van der Waals surface area contributed by atoms with Crippen molar-refractivity contribution in [2.24, 2.45) is 55.2 Å². The molecule has 4 amide bonds. The standard InChI is InChI=1S/C30H46N2O6S.C17H27NO4.C13H21NO3S/c1-8-11-27(14-15-27)39(36,37)31-23(34)28(16-20(28)9-2)18-22(33)21-17-30(26(6,7)29(30)12-10-13-29)19-32(21)24(35)38-25(3,4)5;1-14(2,3)22-13(21)18-10-17(9-11(18)12(19)20)15(4,5)16(17)7-6-8-16;1-4-6-13(7-8-13)18(16,17)14-11(15)12(3)9-10(12)5-2/h9,20-21H,2,8,10-19H2,1,3-7H3,(H,31,34);11H,6-10H2,1-5H3,(H,19,20);5,10H,2,4,6-9H2,1,3H3,(H,14,15)/t20-,21+,28-,30-;11-,17+;10-,12+/m101/s1. The van der Waals surface area contributed by atoms with E-state index in [0.29, 0.717) is 77.3 Å². The van der Waals surface area contributed by atoms with Crippen molar-refractivity contribution in [3.63, 3.8) is 0 Å². The van der Waals surface area contributed by atoms with Crippen molar-refractivity contribution in [2.75, 3.05) is 13.1 Å². The summed E-state index contributed by atoms with van der Waals surface area (Å²) in [6, 6.07) is -1.45. The molecule has 3 N–H and O–H groups in total. The molecular weight excluding hydrogens is 1050 g/mol. The number of allylic oxidation sites excluding steroid dienone is 2. The lowest BCUT2D eigenvalue weighted by atomic mass is 9.73. The number of carboxylic acid groups (broad SMARTS) is 1. The summed E-state index contributed by atoms with van der Waals surface area (Å²) < 4.78 is 65.1. The summed E-state index contributed by atoms with van der Waals surface area (Å²) in [4.78, 5) is 80.3. The van der Waals surface area contributed by atoms with E-state index in [2.05, 4.69) is 50.3 Å². The summed E-state index contributed by atoms with van der Waals surface area (Å²) in [6.07, 6.45) is 16.5. The van der Waals surface area contributed by atoms with Gasteiger partial charge in [0.15, 0.2) is 5.78 Å². The number of Topliss-reactive ketones (excluding diaryl/α,β-unsaturated/α-hetero) is 1. The lowest BCUT2D eigenvalue weighted by Gasteiger charge is -2.32. The van der Waals surface area contributed by atoms with Gasteiger partial charge in [-0.05, 0) is 165 Å². The fourth-order valence-electron chi connectivity index (χ4n) is 16.5. The Balaban J connectivity index is 0.000000173. The Morgan fingerprint density at radius 2 is 0.975 bits per heavy atom. The summed E-state index contributed by atoms with van der Waals surface area (Å²) in [5.74, 6) is -2.26. The number of rotatable bonds is 16. The van der Waals surface area contributed by atoms with Gasteiger partial charge in [0.1, 0.15) is 17.2 Å². The van der Waals surface area contributed by atoms with Crippen molar-refractivity contribution in [3.05, 3.63) is 25.3 Å². The number of likely N-dealkylation sites (tertiary alicyclic amines) is 2. The molecule has 2 heterocycles. The van der Waals surface area contributed by atoms with Crippen molar-refractivity contribution >= 4 is 55.8 Å². The monoisotopic (exact) mass is 1140 g/mol. The van der Waals surface area contributed by atoms with Crippen LogP contribution >= 0.6 is 0 Å². The molecule has 79 heavy (non-hydrogen) atoms. The van der Waals surface area contributed by atoms with E-state index in [9.17, 15) is 50.7 Å². The number of nitrogens with one attached hydrogen (secondary N) is 2. The smallest absolute Gasteiger partial charge is 0.411 e. The van der Waals surface area contributed by atoms with Gasteiger partial charge in [-0.1, -0.05) is 86.3 Å². The number of nitrogens with zero attached hydrogens (tertiary/aromatic N) is 2. The molecule has 0 aromatic heterocycles. The molecule has 2 aliphatic heterocycles. The average molecular weight is 1140 g/mol. The first-order valence-corrected chi connectivity index (χ1v) is 32.4. The quantitative estimate of drug-likeness (QED) is 0.122. The maximum absolute atomic E-state index is 14.1. The fourth-order valence-corrected chi connectivity index (χ4v) is 20.1. The molecule has 10 aliphatic rings. The Hall–Kier alpha value is -4.00. The molecule has 17 nitrogen and oxygen atoms in total. The number of ether oxygens (including phenoxy) is 2. The molecule has 19 heteroatoms. The Labute approximate surface area is 471 Å². The average Bonchev–Trinajstić information content (AvgIpc) is 4.09. The highest BCUT2D eigenvalue weighted by molar-refractivity contribution is 7.92. The highest BCUT2D eigenvalue weighted by Crippen LogP contribution is 2.89. The molecule has 8 aliphatic carbocycles. The predicted molar refractivity (Wildman–Crippen MR) is 300 cm³/mol. The number of ketones is 1. The number of carbonyl (C=O) groups excluding carboxylic acids is 5. The molecule has 2 saturated heterocycles. The summed E-state index contributed by atoms with van der Waals surface area (Å²) in [7, 11) is -7.37. The zero-order valence-electron chi connectivity index (χ0n) is 49.8. The second-order valence-corrected chi connectivity index (χ2v) is 33.5. The first-order chi connectivity index (χ1) is 36.3. The largest absolute Gasteiger partial charge is 0.480 e. The van der Waals surface area contributed by atoms with Gasteiger partial charge in [0.05, 0.1) is 26.4 Å². The summed E-state index contributed by atoms with van der Waals surface area (Å²) in [6.45, 7) is 34.0. The molecule has 8 atom stereocenters. The Kier molecular flexibility index (Phi) is 14.9. The Morgan fingerprint density at radius 3 is 1.28 bits per heavy atom. The second kappa shape index (κ2) is 19.3. The number of aliphatic carboxylic acids is 1. The molecule has 0 bridgehead atoms. The molecule has 0 aromatic rings. The van der Waals surface area contributed by atoms with Crippen molar-refractivity contribution in [3.8, 4) is 0 Å². The van der Waals surface area contributed by atoms with Crippen LogP contribution < -0.4 is 9.44 Å². The molecule has 4 spiro atoms. The topological polar surface area (TPSA) is 240 Å². The third kappa shape index (κ3) is 9.50. The number of carboxylic acids is 1. The van der Waals surface area contributed by atoms with Crippen molar-refractivity contribution in [1.82, 2.24) is 19.2 Å². The summed E-state index contributed by atoms with van der Waals surface area (Å²) in [5, 5.41) is 9.57. The van der Waals surface area contributed by atoms with Crippen LogP contribution in [0.2, 0.25) is 0 Å². The van der Waals surface area contributed by atoms with E-state index in [0.717, 1.165) is 44.9 Å². The minimum atomic E-state index is -3.85. The zero-order valence-corrected chi connectivity index (χ0v) is 51.4. The number of sulfonamides is 2. The van der Waals surface area contributed by atoms with Crippen molar-refractivity contribution in [2.45, 2.75) is 245 Å². The van der Waals surface area contributed by atoms with Crippen LogP contribution in [0.4, 0.5) is 9.59 Å². The van der Waals surface area contributed by atoms with Crippen LogP contribution in [0.25, 0.3) is 0 Å². The predicted octanol–water partition coefficient (Wildman–Crippen LogP) is 10.4. The van der Waals surface area contributed by atoms with Gasteiger partial charge >= 0.3 is 18.2 Å². The number of hydrogen-bond donors (Lipinski definition) is 3. The van der Waals surface area contributed by atoms with E-state index in [1.165, 1.54) is 11.3 Å². The second-order valence-electron chi connectivity index (χ2n) is 29.3. The lowest BCUT2D eigenvalue weighted by molar-refractivity contribution is -0.142. The third-order valence-electron chi connectivity index (χ3n) is 22.6. The fraction of sp³-hybridized carbons (Fsp3) is 0.833. The van der Waals surface area contributed by atoms with Crippen LogP contribution in [0.1, 0.15) is 212 Å². The molecule has 8 saturated carbocycles. The van der Waals surface area contributed by atoms with Gasteiger partial charge in [0.25, 0.3) is 0 Å². The van der Waals surface area contributed by atoms with Crippen LogP contribution in [0.5, 0.6) is 0 Å². The van der Waals surface area contributed by atoms with Crippen LogP contribution in [-0.4, -0.2) is 113 Å². The Bertz CT molecular complexity index is 2780. The Morgan fingerprint density at radius 1 is 0.582 bits per heavy atom. The molecule has 10 fully saturated rings. The maximum Gasteiger partial charge on any atom is 0.411 e. The van der Waals surface area contributed by atoms with Gasteiger partial charge in [0.2, 0.25) is 31.9 Å². The first-order valence-electron chi connectivity index (χ1n) is 29.4. The van der Waals surface area contributed by atoms with E-state index in [4.69, 9.17) is 9.47 Å². The van der Waals surface area contributed by atoms with Crippen LogP contribution in [0.3, 0.4) is 0 Å². The lowest BCUT2D eigenvalue weighted by Crippen LogP contribution is -2.47. The van der Waals surface area contributed by atoms with E-state index in [1.54, 1.807) is 44.7 Å². The van der Waals surface area contributed by atoms with Gasteiger partial charge in [-0.3, -0.25) is 33.6 Å². The van der Waals surface area contributed by atoms with Crippen LogP contribution in [0, 0.1) is 55.2 Å². The molecule has 0 radical (unpaired) electrons. The minimum absolute atomic E-state index is 0.0117. The van der Waals surface area contributed by atoms with Crippen molar-refractivity contribution in [1.29, 1.82) is 0 Å². The van der Waals surface area contributed by atoms with Gasteiger partial charge in [-0.2, -0.15) is 0 Å². The third-order valence-corrected chi connectivity index (χ3v) is 27.0. The maximum atomic E-state index is 14.1. The van der Waals surface area contributed by atoms with Gasteiger partial charge < -0.3 is 14.6 Å². The highest BCUT2D eigenvalue weighted by Gasteiger charge is 2.86. The normalized spacial score (nSPS) is 34.2. The summed E-state index contributed by atoms with van der Waals surface area (Å²) >= 11 is 0. The zero-order chi connectivity index (χ0) is 59.0.